The van der Waals surface area contributed by atoms with E-state index in [9.17, 15) is 0 Å². The Hall–Kier alpha value is -2.47. The predicted molar refractivity (Wildman–Crippen MR) is 104 cm³/mol. The molecule has 1 N–H and O–H groups in total. The van der Waals surface area contributed by atoms with E-state index < -0.39 is 0 Å². The molecule has 1 aromatic carbocycles. The SMILES string of the molecule is CCC(COC)Nc1nc(C)nc2c(-c3c(C)cc(C)cc3C)noc12. The zero-order valence-electron chi connectivity index (χ0n) is 16.3. The third-order valence-electron chi connectivity index (χ3n) is 4.55. The number of aromatic nitrogens is 3. The summed E-state index contributed by atoms with van der Waals surface area (Å²) in [5.74, 6) is 1.34. The summed E-state index contributed by atoms with van der Waals surface area (Å²) >= 11 is 0. The summed E-state index contributed by atoms with van der Waals surface area (Å²) < 4.78 is 10.9. The third-order valence-corrected chi connectivity index (χ3v) is 4.55. The second-order valence-electron chi connectivity index (χ2n) is 6.81. The van der Waals surface area contributed by atoms with Crippen LogP contribution in [0.5, 0.6) is 0 Å². The second-order valence-corrected chi connectivity index (χ2v) is 6.81. The summed E-state index contributed by atoms with van der Waals surface area (Å²) in [5.41, 5.74) is 6.71. The fourth-order valence-corrected chi connectivity index (χ4v) is 3.42. The number of nitrogens with zero attached hydrogens (tertiary/aromatic N) is 3. The van der Waals surface area contributed by atoms with E-state index in [1.807, 2.05) is 6.92 Å². The van der Waals surface area contributed by atoms with Gasteiger partial charge in [0.25, 0.3) is 0 Å². The van der Waals surface area contributed by atoms with Crippen LogP contribution in [0.25, 0.3) is 22.4 Å². The van der Waals surface area contributed by atoms with Gasteiger partial charge in [0, 0.05) is 12.7 Å². The number of ether oxygens (including phenoxy) is 1. The highest BCUT2D eigenvalue weighted by atomic mass is 16.5. The molecule has 2 aromatic heterocycles. The summed E-state index contributed by atoms with van der Waals surface area (Å²) in [6, 6.07) is 4.46. The van der Waals surface area contributed by atoms with E-state index in [-0.39, 0.29) is 6.04 Å². The van der Waals surface area contributed by atoms with Crippen LogP contribution in [0.3, 0.4) is 0 Å². The van der Waals surface area contributed by atoms with Crippen molar-refractivity contribution in [2.24, 2.45) is 0 Å². The lowest BCUT2D eigenvalue weighted by Gasteiger charge is -2.16. The largest absolute Gasteiger partial charge is 0.383 e. The highest BCUT2D eigenvalue weighted by Gasteiger charge is 2.21. The van der Waals surface area contributed by atoms with Crippen molar-refractivity contribution in [3.8, 4) is 11.3 Å². The Morgan fingerprint density at radius 3 is 2.42 bits per heavy atom. The number of anilines is 1. The summed E-state index contributed by atoms with van der Waals surface area (Å²) in [6.07, 6.45) is 0.912. The fraction of sp³-hybridized carbons (Fsp3) is 0.450. The van der Waals surface area contributed by atoms with Crippen molar-refractivity contribution in [1.29, 1.82) is 0 Å². The van der Waals surface area contributed by atoms with Gasteiger partial charge in [-0.2, -0.15) is 0 Å². The molecule has 0 saturated carbocycles. The monoisotopic (exact) mass is 354 g/mol. The van der Waals surface area contributed by atoms with Crippen molar-refractivity contribution in [2.75, 3.05) is 19.0 Å². The van der Waals surface area contributed by atoms with E-state index in [1.165, 1.54) is 5.56 Å². The summed E-state index contributed by atoms with van der Waals surface area (Å²) in [6.45, 7) is 10.9. The molecule has 0 aliphatic carbocycles. The lowest BCUT2D eigenvalue weighted by Crippen LogP contribution is -2.24. The summed E-state index contributed by atoms with van der Waals surface area (Å²) in [5, 5.41) is 7.76. The highest BCUT2D eigenvalue weighted by molar-refractivity contribution is 5.95. The zero-order chi connectivity index (χ0) is 18.8. The third kappa shape index (κ3) is 3.42. The molecule has 3 aromatic rings. The fourth-order valence-electron chi connectivity index (χ4n) is 3.42. The van der Waals surface area contributed by atoms with Gasteiger partial charge in [0.1, 0.15) is 17.0 Å². The number of rotatable bonds is 6. The molecule has 0 amide bonds. The van der Waals surface area contributed by atoms with E-state index in [2.05, 4.69) is 60.3 Å². The number of nitrogens with one attached hydrogen (secondary N) is 1. The Balaban J connectivity index is 2.14. The minimum absolute atomic E-state index is 0.147. The molecule has 1 atom stereocenters. The van der Waals surface area contributed by atoms with Gasteiger partial charge >= 0.3 is 0 Å². The zero-order valence-corrected chi connectivity index (χ0v) is 16.3. The Morgan fingerprint density at radius 2 is 1.81 bits per heavy atom. The number of hydrogen-bond acceptors (Lipinski definition) is 6. The van der Waals surface area contributed by atoms with Crippen molar-refractivity contribution >= 4 is 16.9 Å². The maximum atomic E-state index is 5.68. The number of hydrogen-bond donors (Lipinski definition) is 1. The van der Waals surface area contributed by atoms with E-state index in [4.69, 9.17) is 9.26 Å². The quantitative estimate of drug-likeness (QED) is 0.709. The van der Waals surface area contributed by atoms with Gasteiger partial charge in [-0.15, -0.1) is 0 Å². The van der Waals surface area contributed by atoms with Crippen LogP contribution in [0, 0.1) is 27.7 Å². The van der Waals surface area contributed by atoms with Crippen molar-refractivity contribution in [3.05, 3.63) is 34.6 Å². The maximum absolute atomic E-state index is 5.68. The number of fused-ring (bicyclic) bond motifs is 1. The minimum atomic E-state index is 0.147. The minimum Gasteiger partial charge on any atom is -0.383 e. The lowest BCUT2D eigenvalue weighted by atomic mass is 9.97. The van der Waals surface area contributed by atoms with Gasteiger partial charge in [-0.05, 0) is 45.2 Å². The van der Waals surface area contributed by atoms with E-state index in [0.717, 1.165) is 34.3 Å². The van der Waals surface area contributed by atoms with Gasteiger partial charge in [0.05, 0.1) is 12.6 Å². The van der Waals surface area contributed by atoms with Gasteiger partial charge in [-0.25, -0.2) is 9.97 Å². The topological polar surface area (TPSA) is 73.1 Å². The Labute approximate surface area is 154 Å². The van der Waals surface area contributed by atoms with Crippen molar-refractivity contribution in [1.82, 2.24) is 15.1 Å². The van der Waals surface area contributed by atoms with Crippen molar-refractivity contribution < 1.29 is 9.26 Å². The van der Waals surface area contributed by atoms with Crippen molar-refractivity contribution in [3.63, 3.8) is 0 Å². The lowest BCUT2D eigenvalue weighted by molar-refractivity contribution is 0.184. The molecule has 0 bridgehead atoms. The molecule has 0 radical (unpaired) electrons. The van der Waals surface area contributed by atoms with Crippen molar-refractivity contribution in [2.45, 2.75) is 47.1 Å². The van der Waals surface area contributed by atoms with Gasteiger partial charge in [0.2, 0.25) is 5.58 Å². The van der Waals surface area contributed by atoms with Crippen LogP contribution >= 0.6 is 0 Å². The molecule has 6 nitrogen and oxygen atoms in total. The van der Waals surface area contributed by atoms with E-state index in [1.54, 1.807) is 7.11 Å². The van der Waals surface area contributed by atoms with Crippen LogP contribution in [-0.4, -0.2) is 34.9 Å². The molecule has 0 saturated heterocycles. The highest BCUT2D eigenvalue weighted by Crippen LogP contribution is 2.34. The Kier molecular flexibility index (Phi) is 5.23. The first-order valence-corrected chi connectivity index (χ1v) is 8.92. The predicted octanol–water partition coefficient (Wildman–Crippen LogP) is 4.36. The summed E-state index contributed by atoms with van der Waals surface area (Å²) in [4.78, 5) is 9.14. The maximum Gasteiger partial charge on any atom is 0.228 e. The van der Waals surface area contributed by atoms with E-state index >= 15 is 0 Å². The van der Waals surface area contributed by atoms with Crippen LogP contribution in [0.1, 0.15) is 35.9 Å². The molecule has 0 aliphatic rings. The van der Waals surface area contributed by atoms with Crippen LogP contribution in [0.15, 0.2) is 16.7 Å². The first-order chi connectivity index (χ1) is 12.4. The molecule has 1 unspecified atom stereocenters. The normalized spacial score (nSPS) is 12.5. The van der Waals surface area contributed by atoms with E-state index in [0.29, 0.717) is 23.8 Å². The molecule has 6 heteroatoms. The van der Waals surface area contributed by atoms with Gasteiger partial charge < -0.3 is 14.6 Å². The van der Waals surface area contributed by atoms with Gasteiger partial charge in [-0.1, -0.05) is 29.8 Å². The summed E-state index contributed by atoms with van der Waals surface area (Å²) in [7, 11) is 1.70. The van der Waals surface area contributed by atoms with Crippen LogP contribution < -0.4 is 5.32 Å². The Bertz CT molecular complexity index is 910. The molecule has 26 heavy (non-hydrogen) atoms. The number of benzene rings is 1. The second kappa shape index (κ2) is 7.41. The Morgan fingerprint density at radius 1 is 1.12 bits per heavy atom. The number of aryl methyl sites for hydroxylation is 4. The molecule has 0 fully saturated rings. The molecule has 0 aliphatic heterocycles. The average molecular weight is 354 g/mol. The molecule has 0 spiro atoms. The average Bonchev–Trinajstić information content (AvgIpc) is 2.97. The molecule has 2 heterocycles. The van der Waals surface area contributed by atoms with Gasteiger partial charge in [-0.3, -0.25) is 0 Å². The number of methoxy groups -OCH3 is 1. The standard InChI is InChI=1S/C20H26N4O2/c1-7-15(10-25-6)23-20-19-18(21-14(5)22-20)17(24-26-19)16-12(3)8-11(2)9-13(16)4/h8-9,15H,7,10H2,1-6H3,(H,21,22,23). The first-order valence-electron chi connectivity index (χ1n) is 8.92. The van der Waals surface area contributed by atoms with Gasteiger partial charge in [0.15, 0.2) is 5.82 Å². The molecular weight excluding hydrogens is 328 g/mol. The van der Waals surface area contributed by atoms with Crippen LogP contribution in [0.4, 0.5) is 5.82 Å². The molecular formula is C20H26N4O2. The molecule has 138 valence electrons. The smallest absolute Gasteiger partial charge is 0.228 e. The molecule has 3 rings (SSSR count). The van der Waals surface area contributed by atoms with Crippen LogP contribution in [0.2, 0.25) is 0 Å². The van der Waals surface area contributed by atoms with Crippen LogP contribution in [-0.2, 0) is 4.74 Å². The first kappa shape index (κ1) is 18.3.